The van der Waals surface area contributed by atoms with Crippen LogP contribution in [0.4, 0.5) is 0 Å². The molecule has 1 aliphatic carbocycles. The number of aliphatic carboxylic acids is 1. The summed E-state index contributed by atoms with van der Waals surface area (Å²) in [7, 11) is 1.60. The summed E-state index contributed by atoms with van der Waals surface area (Å²) in [5.41, 5.74) is 1.76. The molecule has 0 spiro atoms. The molecule has 2 aromatic rings. The predicted octanol–water partition coefficient (Wildman–Crippen LogP) is 3.41. The Balaban J connectivity index is 2.04. The van der Waals surface area contributed by atoms with Crippen LogP contribution < -0.4 is 4.74 Å². The lowest BCUT2D eigenvalue weighted by molar-refractivity contribution is -0.137. The lowest BCUT2D eigenvalue weighted by Crippen LogP contribution is -2.08. The number of carboxylic acids is 1. The first-order valence-electron chi connectivity index (χ1n) is 6.46. The standard InChI is InChI=1S/C15H16O4/c1-18-13-7-11(6-10-4-5-19-15(10)13)12(8-14(16)17)9-2-3-9/h4-7,9,12H,2-3,8H2,1H3,(H,16,17). The van der Waals surface area contributed by atoms with E-state index in [2.05, 4.69) is 0 Å². The Morgan fingerprint density at radius 1 is 1.53 bits per heavy atom. The van der Waals surface area contributed by atoms with Crippen molar-refractivity contribution >= 4 is 16.9 Å². The molecular weight excluding hydrogens is 244 g/mol. The highest BCUT2D eigenvalue weighted by molar-refractivity contribution is 5.84. The second kappa shape index (κ2) is 4.61. The summed E-state index contributed by atoms with van der Waals surface area (Å²) in [4.78, 5) is 11.0. The molecule has 1 unspecified atom stereocenters. The summed E-state index contributed by atoms with van der Waals surface area (Å²) >= 11 is 0. The van der Waals surface area contributed by atoms with Crippen LogP contribution in [0.25, 0.3) is 11.0 Å². The minimum absolute atomic E-state index is 0.0747. The monoisotopic (exact) mass is 260 g/mol. The van der Waals surface area contributed by atoms with Crippen LogP contribution in [-0.4, -0.2) is 18.2 Å². The van der Waals surface area contributed by atoms with Crippen molar-refractivity contribution in [2.75, 3.05) is 7.11 Å². The van der Waals surface area contributed by atoms with Gasteiger partial charge in [-0.2, -0.15) is 0 Å². The van der Waals surface area contributed by atoms with Gasteiger partial charge in [0.1, 0.15) is 0 Å². The van der Waals surface area contributed by atoms with Crippen molar-refractivity contribution in [2.24, 2.45) is 5.92 Å². The minimum atomic E-state index is -0.747. The third kappa shape index (κ3) is 2.30. The second-order valence-corrected chi connectivity index (χ2v) is 5.10. The van der Waals surface area contributed by atoms with Crippen molar-refractivity contribution in [3.63, 3.8) is 0 Å². The van der Waals surface area contributed by atoms with Gasteiger partial charge in [-0.3, -0.25) is 4.79 Å². The Hall–Kier alpha value is -1.97. The summed E-state index contributed by atoms with van der Waals surface area (Å²) in [6.45, 7) is 0. The van der Waals surface area contributed by atoms with Crippen molar-refractivity contribution in [2.45, 2.75) is 25.2 Å². The first-order chi connectivity index (χ1) is 9.19. The van der Waals surface area contributed by atoms with E-state index in [1.807, 2.05) is 18.2 Å². The molecule has 100 valence electrons. The third-order valence-electron chi connectivity index (χ3n) is 3.77. The molecule has 1 aliphatic rings. The molecule has 4 nitrogen and oxygen atoms in total. The van der Waals surface area contributed by atoms with E-state index >= 15 is 0 Å². The Labute approximate surface area is 111 Å². The highest BCUT2D eigenvalue weighted by atomic mass is 16.5. The van der Waals surface area contributed by atoms with Crippen LogP contribution in [0, 0.1) is 5.92 Å². The molecule has 0 amide bonds. The molecule has 0 aliphatic heterocycles. The molecule has 19 heavy (non-hydrogen) atoms. The van der Waals surface area contributed by atoms with Crippen molar-refractivity contribution in [1.82, 2.24) is 0 Å². The fourth-order valence-electron chi connectivity index (χ4n) is 2.68. The van der Waals surface area contributed by atoms with Crippen LogP contribution >= 0.6 is 0 Å². The molecule has 0 saturated heterocycles. The van der Waals surface area contributed by atoms with E-state index in [9.17, 15) is 4.79 Å². The fraction of sp³-hybridized carbons (Fsp3) is 0.400. The number of carboxylic acid groups (broad SMARTS) is 1. The lowest BCUT2D eigenvalue weighted by atomic mass is 9.90. The van der Waals surface area contributed by atoms with Crippen LogP contribution in [0.15, 0.2) is 28.9 Å². The van der Waals surface area contributed by atoms with Crippen LogP contribution in [0.3, 0.4) is 0 Å². The largest absolute Gasteiger partial charge is 0.493 e. The maximum Gasteiger partial charge on any atom is 0.303 e. The van der Waals surface area contributed by atoms with Gasteiger partial charge in [-0.25, -0.2) is 0 Å². The average molecular weight is 260 g/mol. The zero-order valence-corrected chi connectivity index (χ0v) is 10.8. The molecule has 3 rings (SSSR count). The van der Waals surface area contributed by atoms with Gasteiger partial charge in [0.15, 0.2) is 11.3 Å². The van der Waals surface area contributed by atoms with Gasteiger partial charge in [0, 0.05) is 5.39 Å². The number of rotatable bonds is 5. The predicted molar refractivity (Wildman–Crippen MR) is 70.5 cm³/mol. The zero-order chi connectivity index (χ0) is 13.4. The number of furan rings is 1. The zero-order valence-electron chi connectivity index (χ0n) is 10.8. The molecule has 1 atom stereocenters. The number of methoxy groups -OCH3 is 1. The molecule has 1 aromatic heterocycles. The maximum atomic E-state index is 11.0. The molecule has 1 heterocycles. The van der Waals surface area contributed by atoms with Gasteiger partial charge in [-0.1, -0.05) is 0 Å². The second-order valence-electron chi connectivity index (χ2n) is 5.10. The molecule has 0 radical (unpaired) electrons. The number of carbonyl (C=O) groups is 1. The number of fused-ring (bicyclic) bond motifs is 1. The van der Waals surface area contributed by atoms with Gasteiger partial charge in [0.2, 0.25) is 0 Å². The third-order valence-corrected chi connectivity index (χ3v) is 3.77. The smallest absolute Gasteiger partial charge is 0.303 e. The molecule has 1 fully saturated rings. The average Bonchev–Trinajstić information content (AvgIpc) is 3.12. The Bertz CT molecular complexity index is 610. The van der Waals surface area contributed by atoms with Crippen molar-refractivity contribution in [1.29, 1.82) is 0 Å². The van der Waals surface area contributed by atoms with E-state index in [1.54, 1.807) is 13.4 Å². The lowest BCUT2D eigenvalue weighted by Gasteiger charge is -2.15. The van der Waals surface area contributed by atoms with Crippen LogP contribution in [-0.2, 0) is 4.79 Å². The quantitative estimate of drug-likeness (QED) is 0.895. The normalized spacial score (nSPS) is 16.5. The fourth-order valence-corrected chi connectivity index (χ4v) is 2.68. The van der Waals surface area contributed by atoms with Crippen LogP contribution in [0.1, 0.15) is 30.7 Å². The van der Waals surface area contributed by atoms with E-state index in [0.29, 0.717) is 11.7 Å². The Morgan fingerprint density at radius 2 is 2.32 bits per heavy atom. The van der Waals surface area contributed by atoms with Crippen LogP contribution in [0.2, 0.25) is 0 Å². The van der Waals surface area contributed by atoms with Gasteiger partial charge in [-0.05, 0) is 48.4 Å². The number of hydrogen-bond donors (Lipinski definition) is 1. The Kier molecular flexibility index (Phi) is 2.93. The van der Waals surface area contributed by atoms with E-state index in [0.717, 1.165) is 29.4 Å². The molecule has 0 bridgehead atoms. The van der Waals surface area contributed by atoms with Gasteiger partial charge in [0.25, 0.3) is 0 Å². The molecular formula is C15H16O4. The first-order valence-corrected chi connectivity index (χ1v) is 6.46. The minimum Gasteiger partial charge on any atom is -0.493 e. The van der Waals surface area contributed by atoms with E-state index in [4.69, 9.17) is 14.3 Å². The highest BCUT2D eigenvalue weighted by Crippen LogP contribution is 2.46. The first kappa shape index (κ1) is 12.1. The number of ether oxygens (including phenoxy) is 1. The molecule has 1 saturated carbocycles. The summed E-state index contributed by atoms with van der Waals surface area (Å²) in [5.74, 6) is 0.493. The van der Waals surface area contributed by atoms with E-state index in [1.165, 1.54) is 0 Å². The van der Waals surface area contributed by atoms with E-state index < -0.39 is 5.97 Å². The van der Waals surface area contributed by atoms with Gasteiger partial charge >= 0.3 is 5.97 Å². The summed E-state index contributed by atoms with van der Waals surface area (Å²) in [6.07, 6.45) is 4.03. The summed E-state index contributed by atoms with van der Waals surface area (Å²) in [6, 6.07) is 5.82. The van der Waals surface area contributed by atoms with E-state index in [-0.39, 0.29) is 12.3 Å². The number of hydrogen-bond acceptors (Lipinski definition) is 3. The highest BCUT2D eigenvalue weighted by Gasteiger charge is 2.34. The molecule has 1 aromatic carbocycles. The van der Waals surface area contributed by atoms with Crippen molar-refractivity contribution in [3.05, 3.63) is 30.0 Å². The van der Waals surface area contributed by atoms with Crippen molar-refractivity contribution in [3.8, 4) is 5.75 Å². The van der Waals surface area contributed by atoms with Gasteiger partial charge in [0.05, 0.1) is 19.8 Å². The van der Waals surface area contributed by atoms with Crippen LogP contribution in [0.5, 0.6) is 5.75 Å². The SMILES string of the molecule is COc1cc(C(CC(=O)O)C2CC2)cc2ccoc12. The maximum absolute atomic E-state index is 11.0. The molecule has 1 N–H and O–H groups in total. The summed E-state index contributed by atoms with van der Waals surface area (Å²) in [5, 5.41) is 10.0. The topological polar surface area (TPSA) is 59.7 Å². The number of benzene rings is 1. The van der Waals surface area contributed by atoms with Crippen molar-refractivity contribution < 1.29 is 19.1 Å². The van der Waals surface area contributed by atoms with Gasteiger partial charge < -0.3 is 14.3 Å². The van der Waals surface area contributed by atoms with Gasteiger partial charge in [-0.15, -0.1) is 0 Å². The molecule has 4 heteroatoms. The summed E-state index contributed by atoms with van der Waals surface area (Å²) < 4.78 is 10.7. The Morgan fingerprint density at radius 3 is 2.95 bits per heavy atom.